The largest absolute Gasteiger partial charge is 0.399 e. The molecule has 0 fully saturated rings. The van der Waals surface area contributed by atoms with Gasteiger partial charge in [0.25, 0.3) is 5.91 Å². The summed E-state index contributed by atoms with van der Waals surface area (Å²) in [6.07, 6.45) is 1.52. The van der Waals surface area contributed by atoms with Crippen molar-refractivity contribution in [2.24, 2.45) is 0 Å². The number of nitrogen functional groups attached to an aromatic ring is 1. The Morgan fingerprint density at radius 1 is 1.44 bits per heavy atom. The number of amides is 1. The summed E-state index contributed by atoms with van der Waals surface area (Å²) in [5.41, 5.74) is 6.29. The molecule has 1 rings (SSSR count). The third-order valence-corrected chi connectivity index (χ3v) is 3.57. The minimum absolute atomic E-state index is 0.0396. The van der Waals surface area contributed by atoms with Gasteiger partial charge in [0.15, 0.2) is 0 Å². The summed E-state index contributed by atoms with van der Waals surface area (Å²) in [7, 11) is -3.00. The Morgan fingerprint density at radius 3 is 2.72 bits per heavy atom. The molecule has 1 amide bonds. The second-order valence-corrected chi connectivity index (χ2v) is 6.65. The maximum absolute atomic E-state index is 11.7. The van der Waals surface area contributed by atoms with Gasteiger partial charge in [0.2, 0.25) is 0 Å². The van der Waals surface area contributed by atoms with Gasteiger partial charge in [-0.3, -0.25) is 4.79 Å². The molecule has 0 aliphatic heterocycles. The Kier molecular flexibility index (Phi) is 4.98. The Bertz CT molecular complexity index is 543. The minimum atomic E-state index is -3.00. The molecule has 0 heterocycles. The summed E-state index contributed by atoms with van der Waals surface area (Å²) in [6.45, 7) is 0.275. The first kappa shape index (κ1) is 14.8. The van der Waals surface area contributed by atoms with Crippen LogP contribution in [0.2, 0.25) is 5.02 Å². The van der Waals surface area contributed by atoms with E-state index in [9.17, 15) is 13.2 Å². The van der Waals surface area contributed by atoms with Crippen molar-refractivity contribution in [2.75, 3.05) is 24.3 Å². The van der Waals surface area contributed by atoms with Gasteiger partial charge in [-0.25, -0.2) is 8.42 Å². The quantitative estimate of drug-likeness (QED) is 0.627. The fourth-order valence-corrected chi connectivity index (χ4v) is 2.22. The zero-order chi connectivity index (χ0) is 13.8. The zero-order valence-corrected chi connectivity index (χ0v) is 11.5. The van der Waals surface area contributed by atoms with Gasteiger partial charge in [0.05, 0.1) is 16.3 Å². The molecule has 100 valence electrons. The summed E-state index contributed by atoms with van der Waals surface area (Å²) in [6, 6.07) is 4.62. The lowest BCUT2D eigenvalue weighted by Gasteiger charge is -2.07. The van der Waals surface area contributed by atoms with Gasteiger partial charge in [0, 0.05) is 18.5 Å². The SMILES string of the molecule is CS(=O)(=O)CCCNC(=O)c1cc(N)ccc1Cl. The predicted octanol–water partition coefficient (Wildman–Crippen LogP) is 1.09. The fraction of sp³-hybridized carbons (Fsp3) is 0.364. The van der Waals surface area contributed by atoms with Gasteiger partial charge in [-0.1, -0.05) is 11.6 Å². The first-order valence-electron chi connectivity index (χ1n) is 5.30. The second kappa shape index (κ2) is 6.06. The number of benzene rings is 1. The van der Waals surface area contributed by atoms with Gasteiger partial charge in [-0.2, -0.15) is 0 Å². The molecule has 7 heteroatoms. The lowest BCUT2D eigenvalue weighted by Crippen LogP contribution is -2.26. The van der Waals surface area contributed by atoms with Crippen molar-refractivity contribution in [1.29, 1.82) is 0 Å². The highest BCUT2D eigenvalue weighted by Gasteiger charge is 2.10. The Balaban J connectivity index is 2.53. The molecule has 1 aromatic rings. The maximum Gasteiger partial charge on any atom is 0.252 e. The van der Waals surface area contributed by atoms with Crippen LogP contribution >= 0.6 is 11.6 Å². The number of rotatable bonds is 5. The molecule has 0 saturated heterocycles. The second-order valence-electron chi connectivity index (χ2n) is 3.98. The number of carbonyl (C=O) groups is 1. The summed E-state index contributed by atoms with van der Waals surface area (Å²) < 4.78 is 21.8. The minimum Gasteiger partial charge on any atom is -0.399 e. The van der Waals surface area contributed by atoms with E-state index in [-0.39, 0.29) is 23.8 Å². The van der Waals surface area contributed by atoms with Crippen LogP contribution in [-0.4, -0.2) is 32.9 Å². The summed E-state index contributed by atoms with van der Waals surface area (Å²) >= 11 is 5.86. The average molecular weight is 291 g/mol. The van der Waals surface area contributed by atoms with E-state index in [0.717, 1.165) is 6.26 Å². The molecule has 0 bridgehead atoms. The van der Waals surface area contributed by atoms with E-state index in [1.807, 2.05) is 0 Å². The van der Waals surface area contributed by atoms with E-state index < -0.39 is 9.84 Å². The highest BCUT2D eigenvalue weighted by Crippen LogP contribution is 2.18. The van der Waals surface area contributed by atoms with Gasteiger partial charge < -0.3 is 11.1 Å². The molecule has 0 radical (unpaired) electrons. The van der Waals surface area contributed by atoms with Crippen LogP contribution in [0, 0.1) is 0 Å². The molecule has 0 aromatic heterocycles. The van der Waals surface area contributed by atoms with E-state index in [1.165, 1.54) is 6.07 Å². The van der Waals surface area contributed by atoms with Crippen LogP contribution in [-0.2, 0) is 9.84 Å². The van der Waals surface area contributed by atoms with Crippen LogP contribution < -0.4 is 11.1 Å². The molecule has 0 spiro atoms. The van der Waals surface area contributed by atoms with Crippen LogP contribution in [0.15, 0.2) is 18.2 Å². The van der Waals surface area contributed by atoms with Crippen molar-refractivity contribution >= 4 is 33.0 Å². The lowest BCUT2D eigenvalue weighted by atomic mass is 10.2. The number of carbonyl (C=O) groups excluding carboxylic acids is 1. The molecule has 0 saturated carbocycles. The van der Waals surface area contributed by atoms with Crippen molar-refractivity contribution in [2.45, 2.75) is 6.42 Å². The molecule has 0 aliphatic rings. The molecular formula is C11H15ClN2O3S. The number of hydrogen-bond acceptors (Lipinski definition) is 4. The van der Waals surface area contributed by atoms with Gasteiger partial charge >= 0.3 is 0 Å². The molecule has 18 heavy (non-hydrogen) atoms. The van der Waals surface area contributed by atoms with E-state index >= 15 is 0 Å². The summed E-state index contributed by atoms with van der Waals surface area (Å²) in [5, 5.41) is 2.91. The number of anilines is 1. The standard InChI is InChI=1S/C11H15ClN2O3S/c1-18(16,17)6-2-5-14-11(15)9-7-8(13)3-4-10(9)12/h3-4,7H,2,5-6,13H2,1H3,(H,14,15). The lowest BCUT2D eigenvalue weighted by molar-refractivity contribution is 0.0954. The third kappa shape index (κ3) is 4.93. The van der Waals surface area contributed by atoms with E-state index in [1.54, 1.807) is 12.1 Å². The van der Waals surface area contributed by atoms with Crippen molar-refractivity contribution in [3.8, 4) is 0 Å². The van der Waals surface area contributed by atoms with E-state index in [4.69, 9.17) is 17.3 Å². The van der Waals surface area contributed by atoms with Gasteiger partial charge in [-0.15, -0.1) is 0 Å². The third-order valence-electron chi connectivity index (χ3n) is 2.21. The highest BCUT2D eigenvalue weighted by atomic mass is 35.5. The predicted molar refractivity (Wildman–Crippen MR) is 72.5 cm³/mol. The molecule has 1 aromatic carbocycles. The van der Waals surface area contributed by atoms with Crippen molar-refractivity contribution in [3.63, 3.8) is 0 Å². The molecule has 0 atom stereocenters. The topological polar surface area (TPSA) is 89.3 Å². The maximum atomic E-state index is 11.7. The number of halogens is 1. The summed E-state index contributed by atoms with van der Waals surface area (Å²) in [4.78, 5) is 11.7. The van der Waals surface area contributed by atoms with Gasteiger partial charge in [0.1, 0.15) is 9.84 Å². The monoisotopic (exact) mass is 290 g/mol. The fourth-order valence-electron chi connectivity index (χ4n) is 1.35. The molecular weight excluding hydrogens is 276 g/mol. The van der Waals surface area contributed by atoms with Crippen molar-refractivity contribution in [3.05, 3.63) is 28.8 Å². The smallest absolute Gasteiger partial charge is 0.252 e. The van der Waals surface area contributed by atoms with Crippen molar-refractivity contribution < 1.29 is 13.2 Å². The Hall–Kier alpha value is -1.27. The number of nitrogens with one attached hydrogen (secondary N) is 1. The Morgan fingerprint density at radius 2 is 2.11 bits per heavy atom. The van der Waals surface area contributed by atoms with Crippen LogP contribution in [0.3, 0.4) is 0 Å². The van der Waals surface area contributed by atoms with E-state index in [0.29, 0.717) is 17.1 Å². The number of hydrogen-bond donors (Lipinski definition) is 2. The van der Waals surface area contributed by atoms with Crippen LogP contribution in [0.25, 0.3) is 0 Å². The number of sulfone groups is 1. The van der Waals surface area contributed by atoms with E-state index in [2.05, 4.69) is 5.32 Å². The zero-order valence-electron chi connectivity index (χ0n) is 9.94. The highest BCUT2D eigenvalue weighted by molar-refractivity contribution is 7.90. The summed E-state index contributed by atoms with van der Waals surface area (Å²) in [5.74, 6) is -0.321. The van der Waals surface area contributed by atoms with Crippen LogP contribution in [0.4, 0.5) is 5.69 Å². The molecule has 3 N–H and O–H groups in total. The Labute approximate surface area is 111 Å². The van der Waals surface area contributed by atoms with Crippen LogP contribution in [0.5, 0.6) is 0 Å². The first-order valence-corrected chi connectivity index (χ1v) is 7.74. The van der Waals surface area contributed by atoms with Gasteiger partial charge in [-0.05, 0) is 24.6 Å². The van der Waals surface area contributed by atoms with Crippen molar-refractivity contribution in [1.82, 2.24) is 5.32 Å². The molecule has 0 aliphatic carbocycles. The van der Waals surface area contributed by atoms with Crippen LogP contribution in [0.1, 0.15) is 16.8 Å². The first-order chi connectivity index (χ1) is 8.29. The number of nitrogens with two attached hydrogens (primary N) is 1. The average Bonchev–Trinajstić information content (AvgIpc) is 2.26. The normalized spacial score (nSPS) is 11.2. The molecule has 5 nitrogen and oxygen atoms in total. The molecule has 0 unspecified atom stereocenters.